The van der Waals surface area contributed by atoms with Crippen LogP contribution < -0.4 is 5.32 Å². The van der Waals surface area contributed by atoms with E-state index in [-0.39, 0.29) is 10.9 Å². The quantitative estimate of drug-likeness (QED) is 0.870. The average molecular weight is 285 g/mol. The Bertz CT molecular complexity index is 578. The Labute approximate surface area is 111 Å². The molecule has 0 spiro atoms. The van der Waals surface area contributed by atoms with E-state index in [0.717, 1.165) is 31.5 Å². The van der Waals surface area contributed by atoms with Gasteiger partial charge in [0.1, 0.15) is 10.7 Å². The van der Waals surface area contributed by atoms with Crippen LogP contribution >= 0.6 is 0 Å². The summed E-state index contributed by atoms with van der Waals surface area (Å²) in [4.78, 5) is 3.56. The van der Waals surface area contributed by atoms with Gasteiger partial charge in [-0.05, 0) is 25.3 Å². The first kappa shape index (κ1) is 13.0. The summed E-state index contributed by atoms with van der Waals surface area (Å²) in [5, 5.41) is 3.42. The zero-order valence-corrected chi connectivity index (χ0v) is 11.2. The third-order valence-electron chi connectivity index (χ3n) is 3.80. The summed E-state index contributed by atoms with van der Waals surface area (Å²) in [5.41, 5.74) is 0. The van der Waals surface area contributed by atoms with Crippen LogP contribution in [-0.4, -0.2) is 42.9 Å². The predicted molar refractivity (Wildman–Crippen MR) is 67.5 cm³/mol. The molecule has 0 aromatic carbocycles. The van der Waals surface area contributed by atoms with Crippen molar-refractivity contribution in [1.29, 1.82) is 0 Å². The molecular formula is C12H16FN3O2S. The molecule has 2 unspecified atom stereocenters. The predicted octanol–water partition coefficient (Wildman–Crippen LogP) is 0.736. The standard InChI is InChI=1S/C12H16FN3O2S/c13-9-5-12(7-14-6-9)19(17,18)16-4-3-10-1-2-11(8-16)15-10/h5-7,10-11,15H,1-4,8H2. The first-order chi connectivity index (χ1) is 9.05. The fourth-order valence-electron chi connectivity index (χ4n) is 2.81. The zero-order valence-electron chi connectivity index (χ0n) is 10.4. The Morgan fingerprint density at radius 1 is 1.26 bits per heavy atom. The molecule has 2 aliphatic heterocycles. The molecule has 0 amide bonds. The van der Waals surface area contributed by atoms with Crippen LogP contribution in [-0.2, 0) is 10.0 Å². The van der Waals surface area contributed by atoms with E-state index in [2.05, 4.69) is 10.3 Å². The summed E-state index contributed by atoms with van der Waals surface area (Å²) in [6.07, 6.45) is 5.12. The van der Waals surface area contributed by atoms with Gasteiger partial charge in [-0.25, -0.2) is 12.8 Å². The number of rotatable bonds is 2. The number of aromatic nitrogens is 1. The molecule has 2 aliphatic rings. The molecule has 19 heavy (non-hydrogen) atoms. The van der Waals surface area contributed by atoms with Gasteiger partial charge in [-0.15, -0.1) is 0 Å². The molecule has 7 heteroatoms. The summed E-state index contributed by atoms with van der Waals surface area (Å²) in [6, 6.07) is 1.65. The average Bonchev–Trinajstić information content (AvgIpc) is 2.68. The number of pyridine rings is 1. The molecular weight excluding hydrogens is 269 g/mol. The van der Waals surface area contributed by atoms with Crippen molar-refractivity contribution >= 4 is 10.0 Å². The fourth-order valence-corrected chi connectivity index (χ4v) is 4.29. The second kappa shape index (κ2) is 4.81. The molecule has 2 bridgehead atoms. The van der Waals surface area contributed by atoms with E-state index in [1.54, 1.807) is 0 Å². The number of hydrogen-bond donors (Lipinski definition) is 1. The van der Waals surface area contributed by atoms with E-state index < -0.39 is 15.8 Å². The Balaban J connectivity index is 1.88. The number of hydrogen-bond acceptors (Lipinski definition) is 4. The zero-order chi connectivity index (χ0) is 13.5. The van der Waals surface area contributed by atoms with Gasteiger partial charge >= 0.3 is 0 Å². The van der Waals surface area contributed by atoms with Crippen molar-refractivity contribution in [1.82, 2.24) is 14.6 Å². The molecule has 2 fully saturated rings. The van der Waals surface area contributed by atoms with Crippen molar-refractivity contribution < 1.29 is 12.8 Å². The minimum Gasteiger partial charge on any atom is -0.310 e. The lowest BCUT2D eigenvalue weighted by Crippen LogP contribution is -2.39. The Hall–Kier alpha value is -1.05. The molecule has 3 heterocycles. The maximum atomic E-state index is 13.1. The van der Waals surface area contributed by atoms with Crippen LogP contribution in [0.2, 0.25) is 0 Å². The van der Waals surface area contributed by atoms with E-state index in [1.165, 1.54) is 10.5 Å². The van der Waals surface area contributed by atoms with Crippen molar-refractivity contribution in [2.45, 2.75) is 36.2 Å². The van der Waals surface area contributed by atoms with Crippen molar-refractivity contribution in [3.8, 4) is 0 Å². The van der Waals surface area contributed by atoms with Crippen molar-refractivity contribution in [3.63, 3.8) is 0 Å². The topological polar surface area (TPSA) is 62.3 Å². The molecule has 1 aromatic rings. The van der Waals surface area contributed by atoms with E-state index >= 15 is 0 Å². The molecule has 0 aliphatic carbocycles. The largest absolute Gasteiger partial charge is 0.310 e. The van der Waals surface area contributed by atoms with Gasteiger partial charge in [-0.3, -0.25) is 4.98 Å². The first-order valence-corrected chi connectivity index (χ1v) is 7.86. The van der Waals surface area contributed by atoms with E-state index in [0.29, 0.717) is 19.1 Å². The molecule has 5 nitrogen and oxygen atoms in total. The van der Waals surface area contributed by atoms with Gasteiger partial charge in [0.15, 0.2) is 0 Å². The number of halogens is 1. The molecule has 2 atom stereocenters. The third kappa shape index (κ3) is 2.50. The van der Waals surface area contributed by atoms with Crippen molar-refractivity contribution in [3.05, 3.63) is 24.3 Å². The summed E-state index contributed by atoms with van der Waals surface area (Å²) < 4.78 is 39.5. The molecule has 1 N–H and O–H groups in total. The van der Waals surface area contributed by atoms with E-state index in [4.69, 9.17) is 0 Å². The van der Waals surface area contributed by atoms with Gasteiger partial charge in [0, 0.05) is 31.4 Å². The van der Waals surface area contributed by atoms with Gasteiger partial charge in [-0.1, -0.05) is 0 Å². The monoisotopic (exact) mass is 285 g/mol. The summed E-state index contributed by atoms with van der Waals surface area (Å²) in [5.74, 6) is -0.629. The minimum absolute atomic E-state index is 0.0646. The van der Waals surface area contributed by atoms with Crippen molar-refractivity contribution in [2.75, 3.05) is 13.1 Å². The maximum absolute atomic E-state index is 13.1. The van der Waals surface area contributed by atoms with Gasteiger partial charge in [0.2, 0.25) is 10.0 Å². The van der Waals surface area contributed by atoms with E-state index in [9.17, 15) is 12.8 Å². The third-order valence-corrected chi connectivity index (χ3v) is 5.63. The SMILES string of the molecule is O=S(=O)(c1cncc(F)c1)N1CCC2CCC(C1)N2. The van der Waals surface area contributed by atoms with Crippen LogP contribution in [0.15, 0.2) is 23.4 Å². The Kier molecular flexibility index (Phi) is 3.28. The highest BCUT2D eigenvalue weighted by molar-refractivity contribution is 7.89. The molecule has 0 radical (unpaired) electrons. The van der Waals surface area contributed by atoms with Crippen molar-refractivity contribution in [2.24, 2.45) is 0 Å². The number of nitrogens with zero attached hydrogens (tertiary/aromatic N) is 2. The van der Waals surface area contributed by atoms with Gasteiger partial charge in [0.25, 0.3) is 0 Å². The van der Waals surface area contributed by atoms with Gasteiger partial charge in [0.05, 0.1) is 6.20 Å². The molecule has 104 valence electrons. The highest BCUT2D eigenvalue weighted by Gasteiger charge is 2.35. The Morgan fingerprint density at radius 3 is 2.84 bits per heavy atom. The summed E-state index contributed by atoms with van der Waals surface area (Å²) >= 11 is 0. The Morgan fingerprint density at radius 2 is 2.05 bits per heavy atom. The van der Waals surface area contributed by atoms with Crippen LogP contribution in [0.25, 0.3) is 0 Å². The van der Waals surface area contributed by atoms with Gasteiger partial charge in [-0.2, -0.15) is 4.31 Å². The van der Waals surface area contributed by atoms with Crippen LogP contribution in [0.4, 0.5) is 4.39 Å². The molecule has 2 saturated heterocycles. The van der Waals surface area contributed by atoms with E-state index in [1.807, 2.05) is 0 Å². The highest BCUT2D eigenvalue weighted by atomic mass is 32.2. The maximum Gasteiger partial charge on any atom is 0.244 e. The summed E-state index contributed by atoms with van der Waals surface area (Å²) in [7, 11) is -3.64. The summed E-state index contributed by atoms with van der Waals surface area (Å²) in [6.45, 7) is 0.933. The second-order valence-electron chi connectivity index (χ2n) is 5.13. The molecule has 0 saturated carbocycles. The smallest absolute Gasteiger partial charge is 0.244 e. The number of nitrogens with one attached hydrogen (secondary N) is 1. The fraction of sp³-hybridized carbons (Fsp3) is 0.583. The van der Waals surface area contributed by atoms with Crippen LogP contribution in [0.1, 0.15) is 19.3 Å². The number of sulfonamides is 1. The highest BCUT2D eigenvalue weighted by Crippen LogP contribution is 2.24. The second-order valence-corrected chi connectivity index (χ2v) is 7.07. The molecule has 3 rings (SSSR count). The van der Waals surface area contributed by atoms with Crippen LogP contribution in [0.3, 0.4) is 0 Å². The molecule has 1 aromatic heterocycles. The first-order valence-electron chi connectivity index (χ1n) is 6.42. The lowest BCUT2D eigenvalue weighted by atomic mass is 10.1. The van der Waals surface area contributed by atoms with Crippen LogP contribution in [0.5, 0.6) is 0 Å². The normalized spacial score (nSPS) is 28.3. The van der Waals surface area contributed by atoms with Crippen LogP contribution in [0, 0.1) is 5.82 Å². The lowest BCUT2D eigenvalue weighted by molar-refractivity contribution is 0.383. The minimum atomic E-state index is -3.64. The number of fused-ring (bicyclic) bond motifs is 2. The van der Waals surface area contributed by atoms with Gasteiger partial charge < -0.3 is 5.32 Å². The lowest BCUT2D eigenvalue weighted by Gasteiger charge is -2.23.